The number of benzene rings is 1. The van der Waals surface area contributed by atoms with Crippen molar-refractivity contribution in [2.24, 2.45) is 5.73 Å². The van der Waals surface area contributed by atoms with E-state index < -0.39 is 11.6 Å². The van der Waals surface area contributed by atoms with Gasteiger partial charge in [0.25, 0.3) is 0 Å². The first-order valence-electron chi connectivity index (χ1n) is 10.1. The third-order valence-corrected chi connectivity index (χ3v) is 4.67. The molecule has 1 atom stereocenters. The zero-order valence-corrected chi connectivity index (χ0v) is 17.2. The largest absolute Gasteiger partial charge is 0.385 e. The fraction of sp³-hybridized carbons (Fsp3) is 0.667. The number of hydrogen-bond acceptors (Lipinski definition) is 3. The zero-order chi connectivity index (χ0) is 20.8. The molecule has 5 nitrogen and oxygen atoms in total. The lowest BCUT2D eigenvalue weighted by Crippen LogP contribution is -2.43. The molecule has 0 fully saturated rings. The second-order valence-electron chi connectivity index (χ2n) is 7.30. The topological polar surface area (TPSA) is 67.6 Å². The van der Waals surface area contributed by atoms with Crippen molar-refractivity contribution in [2.75, 3.05) is 33.9 Å². The molecular weight excluding hydrogens is 364 g/mol. The van der Waals surface area contributed by atoms with E-state index in [1.165, 1.54) is 12.1 Å². The standard InChI is InChI=1S/C21H35F2N3O2/c1-26(21(27)25-16-20(24)10-6-4-8-12-28-2)11-7-3-5-9-17-13-18(22)15-19(23)14-17/h13-15,20H,3-12,16,24H2,1-2H3,(H,25,27). The van der Waals surface area contributed by atoms with Gasteiger partial charge in [0.2, 0.25) is 0 Å². The number of hydrogen-bond donors (Lipinski definition) is 2. The lowest BCUT2D eigenvalue weighted by atomic mass is 10.1. The van der Waals surface area contributed by atoms with Gasteiger partial charge < -0.3 is 20.7 Å². The maximum Gasteiger partial charge on any atom is 0.317 e. The summed E-state index contributed by atoms with van der Waals surface area (Å²) in [6.07, 6.45) is 7.21. The fourth-order valence-electron chi connectivity index (χ4n) is 3.00. The van der Waals surface area contributed by atoms with E-state index in [2.05, 4.69) is 5.32 Å². The van der Waals surface area contributed by atoms with E-state index in [9.17, 15) is 13.6 Å². The summed E-state index contributed by atoms with van der Waals surface area (Å²) in [5.74, 6) is -1.08. The van der Waals surface area contributed by atoms with Crippen LogP contribution in [0.3, 0.4) is 0 Å². The van der Waals surface area contributed by atoms with Crippen LogP contribution in [0, 0.1) is 11.6 Å². The monoisotopic (exact) mass is 399 g/mol. The van der Waals surface area contributed by atoms with Crippen LogP contribution in [0.25, 0.3) is 0 Å². The molecule has 1 unspecified atom stereocenters. The number of nitrogens with zero attached hydrogens (tertiary/aromatic N) is 1. The van der Waals surface area contributed by atoms with E-state index in [1.54, 1.807) is 19.1 Å². The fourth-order valence-corrected chi connectivity index (χ4v) is 3.00. The Kier molecular flexibility index (Phi) is 12.4. The minimum Gasteiger partial charge on any atom is -0.385 e. The lowest BCUT2D eigenvalue weighted by molar-refractivity contribution is 0.191. The van der Waals surface area contributed by atoms with E-state index >= 15 is 0 Å². The van der Waals surface area contributed by atoms with Gasteiger partial charge in [-0.1, -0.05) is 19.3 Å². The van der Waals surface area contributed by atoms with Crippen LogP contribution in [0.5, 0.6) is 0 Å². The van der Waals surface area contributed by atoms with Crippen molar-refractivity contribution in [2.45, 2.75) is 57.4 Å². The van der Waals surface area contributed by atoms with Crippen molar-refractivity contribution >= 4 is 6.03 Å². The predicted octanol–water partition coefficient (Wildman–Crippen LogP) is 3.85. The summed E-state index contributed by atoms with van der Waals surface area (Å²) in [5.41, 5.74) is 6.70. The highest BCUT2D eigenvalue weighted by Gasteiger charge is 2.10. The summed E-state index contributed by atoms with van der Waals surface area (Å²) in [5, 5.41) is 2.87. The summed E-state index contributed by atoms with van der Waals surface area (Å²) < 4.78 is 31.3. The molecular formula is C21H35F2N3O2. The van der Waals surface area contributed by atoms with Crippen molar-refractivity contribution < 1.29 is 18.3 Å². The first-order chi connectivity index (χ1) is 13.4. The van der Waals surface area contributed by atoms with Crippen molar-refractivity contribution in [3.8, 4) is 0 Å². The highest BCUT2D eigenvalue weighted by Crippen LogP contribution is 2.11. The highest BCUT2D eigenvalue weighted by molar-refractivity contribution is 5.73. The third kappa shape index (κ3) is 11.2. The Balaban J connectivity index is 2.09. The first-order valence-corrected chi connectivity index (χ1v) is 10.1. The quantitative estimate of drug-likeness (QED) is 0.467. The van der Waals surface area contributed by atoms with Crippen LogP contribution in [0.4, 0.5) is 13.6 Å². The molecule has 0 saturated heterocycles. The number of halogens is 2. The molecule has 28 heavy (non-hydrogen) atoms. The number of unbranched alkanes of at least 4 members (excludes halogenated alkanes) is 4. The smallest absolute Gasteiger partial charge is 0.317 e. The molecule has 0 radical (unpaired) electrons. The third-order valence-electron chi connectivity index (χ3n) is 4.67. The van der Waals surface area contributed by atoms with Gasteiger partial charge in [-0.3, -0.25) is 0 Å². The van der Waals surface area contributed by atoms with Crippen LogP contribution in [0.1, 0.15) is 50.5 Å². The SMILES string of the molecule is COCCCCCC(N)CNC(=O)N(C)CCCCCc1cc(F)cc(F)c1. The Labute approximate surface area is 167 Å². The average Bonchev–Trinajstić information content (AvgIpc) is 2.64. The maximum absolute atomic E-state index is 13.1. The molecule has 1 rings (SSSR count). The van der Waals surface area contributed by atoms with Crippen LogP contribution in [0.2, 0.25) is 0 Å². The minimum atomic E-state index is -0.542. The number of carbonyl (C=O) groups is 1. The molecule has 0 aromatic heterocycles. The summed E-state index contributed by atoms with van der Waals surface area (Å²) in [4.78, 5) is 13.7. The van der Waals surface area contributed by atoms with Gasteiger partial charge in [-0.05, 0) is 49.8 Å². The first kappa shape index (κ1) is 24.3. The number of methoxy groups -OCH3 is 1. The molecule has 0 aliphatic heterocycles. The van der Waals surface area contributed by atoms with E-state index in [0.29, 0.717) is 25.1 Å². The second-order valence-corrected chi connectivity index (χ2v) is 7.30. The van der Waals surface area contributed by atoms with Crippen LogP contribution < -0.4 is 11.1 Å². The number of urea groups is 1. The molecule has 3 N–H and O–H groups in total. The van der Waals surface area contributed by atoms with Gasteiger partial charge in [0.05, 0.1) is 0 Å². The highest BCUT2D eigenvalue weighted by atomic mass is 19.1. The van der Waals surface area contributed by atoms with E-state index in [0.717, 1.165) is 57.6 Å². The Morgan fingerprint density at radius 2 is 1.79 bits per heavy atom. The molecule has 0 aliphatic rings. The molecule has 0 aliphatic carbocycles. The molecule has 0 heterocycles. The van der Waals surface area contributed by atoms with E-state index in [-0.39, 0.29) is 12.1 Å². The average molecular weight is 400 g/mol. The number of carbonyl (C=O) groups excluding carboxylic acids is 1. The molecule has 2 amide bonds. The van der Waals surface area contributed by atoms with Gasteiger partial charge in [-0.25, -0.2) is 13.6 Å². The molecule has 160 valence electrons. The molecule has 7 heteroatoms. The van der Waals surface area contributed by atoms with Crippen LogP contribution in [-0.2, 0) is 11.2 Å². The van der Waals surface area contributed by atoms with Gasteiger partial charge >= 0.3 is 6.03 Å². The Morgan fingerprint density at radius 1 is 1.11 bits per heavy atom. The van der Waals surface area contributed by atoms with Gasteiger partial charge in [-0.15, -0.1) is 0 Å². The minimum absolute atomic E-state index is 0.0356. The Bertz CT molecular complexity index is 552. The molecule has 1 aromatic rings. The molecule has 1 aromatic carbocycles. The normalized spacial score (nSPS) is 12.0. The van der Waals surface area contributed by atoms with Gasteiger partial charge in [0.1, 0.15) is 11.6 Å². The van der Waals surface area contributed by atoms with Gasteiger partial charge in [0.15, 0.2) is 0 Å². The summed E-state index contributed by atoms with van der Waals surface area (Å²) >= 11 is 0. The number of ether oxygens (including phenoxy) is 1. The Hall–Kier alpha value is -1.73. The maximum atomic E-state index is 13.1. The molecule has 0 spiro atoms. The molecule has 0 saturated carbocycles. The zero-order valence-electron chi connectivity index (χ0n) is 17.2. The molecule has 0 bridgehead atoms. The number of nitrogens with one attached hydrogen (secondary N) is 1. The van der Waals surface area contributed by atoms with Gasteiger partial charge in [0, 0.05) is 46.0 Å². The Morgan fingerprint density at radius 3 is 2.46 bits per heavy atom. The van der Waals surface area contributed by atoms with E-state index in [4.69, 9.17) is 10.5 Å². The summed E-state index contributed by atoms with van der Waals surface area (Å²) in [7, 11) is 3.46. The van der Waals surface area contributed by atoms with Crippen LogP contribution in [0.15, 0.2) is 18.2 Å². The summed E-state index contributed by atoms with van der Waals surface area (Å²) in [6, 6.07) is 3.45. The summed E-state index contributed by atoms with van der Waals surface area (Å²) in [6.45, 7) is 1.88. The number of rotatable bonds is 14. The van der Waals surface area contributed by atoms with Crippen LogP contribution in [-0.4, -0.2) is 50.8 Å². The number of nitrogens with two attached hydrogens (primary N) is 1. The number of amides is 2. The van der Waals surface area contributed by atoms with Crippen molar-refractivity contribution in [1.82, 2.24) is 10.2 Å². The number of aryl methyl sites for hydroxylation is 1. The van der Waals surface area contributed by atoms with E-state index in [1.807, 2.05) is 0 Å². The van der Waals surface area contributed by atoms with Crippen molar-refractivity contribution in [3.05, 3.63) is 35.4 Å². The van der Waals surface area contributed by atoms with Gasteiger partial charge in [-0.2, -0.15) is 0 Å². The predicted molar refractivity (Wildman–Crippen MR) is 108 cm³/mol. The second kappa shape index (κ2) is 14.3. The van der Waals surface area contributed by atoms with Crippen molar-refractivity contribution in [3.63, 3.8) is 0 Å². The lowest BCUT2D eigenvalue weighted by Gasteiger charge is -2.20. The van der Waals surface area contributed by atoms with Crippen LogP contribution >= 0.6 is 0 Å². The van der Waals surface area contributed by atoms with Crippen molar-refractivity contribution in [1.29, 1.82) is 0 Å².